The number of carbonyl (C=O) groups excluding carboxylic acids is 2. The zero-order valence-corrected chi connectivity index (χ0v) is 23.1. The average molecular weight is 599 g/mol. The Kier molecular flexibility index (Phi) is 8.29. The predicted molar refractivity (Wildman–Crippen MR) is 152 cm³/mol. The monoisotopic (exact) mass is 598 g/mol. The van der Waals surface area contributed by atoms with E-state index < -0.39 is 26.5 Å². The van der Waals surface area contributed by atoms with E-state index in [4.69, 9.17) is 5.73 Å². The molecule has 0 atom stereocenters. The summed E-state index contributed by atoms with van der Waals surface area (Å²) in [4.78, 5) is 34.2. The number of pyridine rings is 1. The number of nitrogens with zero attached hydrogens (tertiary/aromatic N) is 6. The minimum absolute atomic E-state index is 0.0527. The summed E-state index contributed by atoms with van der Waals surface area (Å²) in [5, 5.41) is 6.77. The highest BCUT2D eigenvalue weighted by atomic mass is 32.2. The van der Waals surface area contributed by atoms with E-state index in [1.165, 1.54) is 41.3 Å². The molecule has 4 aromatic heterocycles. The SMILES string of the molecule is NC(=O)c1cccnc1.O=C(NCc1ccc(S(=O)(=O)c2ccc(-n3cccn3)cc2F)cc1)c1cnc2nccn2c1. The second-order valence-corrected chi connectivity index (χ2v) is 10.9. The molecule has 0 fully saturated rings. The van der Waals surface area contributed by atoms with E-state index in [0.717, 1.165) is 6.07 Å². The second-order valence-electron chi connectivity index (χ2n) is 8.98. The lowest BCUT2D eigenvalue weighted by Gasteiger charge is -2.10. The first-order valence-electron chi connectivity index (χ1n) is 12.6. The highest BCUT2D eigenvalue weighted by Gasteiger charge is 2.22. The summed E-state index contributed by atoms with van der Waals surface area (Å²) in [6, 6.07) is 14.7. The summed E-state index contributed by atoms with van der Waals surface area (Å²) >= 11 is 0. The van der Waals surface area contributed by atoms with Crippen LogP contribution in [0.5, 0.6) is 0 Å². The van der Waals surface area contributed by atoms with Crippen molar-refractivity contribution in [1.82, 2.24) is 34.4 Å². The fourth-order valence-electron chi connectivity index (χ4n) is 3.91. The van der Waals surface area contributed by atoms with E-state index in [1.54, 1.807) is 71.9 Å². The number of sulfone groups is 1. The largest absolute Gasteiger partial charge is 0.366 e. The van der Waals surface area contributed by atoms with Crippen LogP contribution in [-0.4, -0.2) is 49.4 Å². The van der Waals surface area contributed by atoms with Crippen LogP contribution in [-0.2, 0) is 16.4 Å². The van der Waals surface area contributed by atoms with Gasteiger partial charge in [0.25, 0.3) is 5.91 Å². The molecule has 0 bridgehead atoms. The molecular weight excluding hydrogens is 575 g/mol. The molecule has 216 valence electrons. The van der Waals surface area contributed by atoms with E-state index >= 15 is 0 Å². The number of benzene rings is 2. The number of halogens is 1. The van der Waals surface area contributed by atoms with Crippen LogP contribution in [0.3, 0.4) is 0 Å². The third kappa shape index (κ3) is 6.60. The lowest BCUT2D eigenvalue weighted by Crippen LogP contribution is -2.23. The van der Waals surface area contributed by atoms with Crippen LogP contribution < -0.4 is 11.1 Å². The third-order valence-electron chi connectivity index (χ3n) is 6.11. The number of hydrogen-bond acceptors (Lipinski definition) is 8. The molecule has 0 aliphatic carbocycles. The summed E-state index contributed by atoms with van der Waals surface area (Å²) < 4.78 is 43.6. The Balaban J connectivity index is 0.000000351. The number of fused-ring (bicyclic) bond motifs is 1. The molecule has 0 spiro atoms. The smallest absolute Gasteiger partial charge is 0.254 e. The zero-order valence-electron chi connectivity index (χ0n) is 22.3. The Labute approximate surface area is 244 Å². The van der Waals surface area contributed by atoms with Crippen molar-refractivity contribution >= 4 is 27.4 Å². The maximum Gasteiger partial charge on any atom is 0.254 e. The Bertz CT molecular complexity index is 2000. The van der Waals surface area contributed by atoms with E-state index in [0.29, 0.717) is 28.2 Å². The number of carbonyl (C=O) groups is 2. The first-order valence-corrected chi connectivity index (χ1v) is 14.1. The van der Waals surface area contributed by atoms with E-state index in [9.17, 15) is 22.4 Å². The minimum atomic E-state index is -4.07. The zero-order chi connectivity index (χ0) is 30.4. The summed E-state index contributed by atoms with van der Waals surface area (Å²) in [5.41, 5.74) is 6.83. The van der Waals surface area contributed by atoms with Crippen LogP contribution in [0.25, 0.3) is 11.5 Å². The average Bonchev–Trinajstić information content (AvgIpc) is 3.73. The van der Waals surface area contributed by atoms with Crippen molar-refractivity contribution < 1.29 is 22.4 Å². The minimum Gasteiger partial charge on any atom is -0.366 e. The number of nitrogens with one attached hydrogen (secondary N) is 1. The van der Waals surface area contributed by atoms with E-state index in [1.807, 2.05) is 0 Å². The molecule has 14 heteroatoms. The number of primary amides is 1. The van der Waals surface area contributed by atoms with Crippen LogP contribution in [0.15, 0.2) is 120 Å². The molecule has 2 aromatic carbocycles. The number of nitrogens with two attached hydrogens (primary N) is 1. The van der Waals surface area contributed by atoms with Gasteiger partial charge in [0.15, 0.2) is 0 Å². The number of imidazole rings is 1. The highest BCUT2D eigenvalue weighted by Crippen LogP contribution is 2.25. The van der Waals surface area contributed by atoms with Gasteiger partial charge in [0.2, 0.25) is 21.5 Å². The van der Waals surface area contributed by atoms with Crippen LogP contribution in [0.4, 0.5) is 4.39 Å². The van der Waals surface area contributed by atoms with Gasteiger partial charge in [-0.2, -0.15) is 5.10 Å². The van der Waals surface area contributed by atoms with Crippen molar-refractivity contribution in [1.29, 1.82) is 0 Å². The third-order valence-corrected chi connectivity index (χ3v) is 7.92. The van der Waals surface area contributed by atoms with E-state index in [2.05, 4.69) is 25.4 Å². The molecule has 3 N–H and O–H groups in total. The lowest BCUT2D eigenvalue weighted by atomic mass is 10.2. The summed E-state index contributed by atoms with van der Waals surface area (Å²) in [6.45, 7) is 0.175. The van der Waals surface area contributed by atoms with Gasteiger partial charge in [-0.15, -0.1) is 0 Å². The van der Waals surface area contributed by atoms with Crippen molar-refractivity contribution in [2.75, 3.05) is 0 Å². The molecule has 2 amide bonds. The molecule has 0 aliphatic rings. The van der Waals surface area contributed by atoms with Gasteiger partial charge in [-0.3, -0.25) is 19.0 Å². The first-order chi connectivity index (χ1) is 20.7. The molecule has 0 unspecified atom stereocenters. The van der Waals surface area contributed by atoms with Crippen LogP contribution in [0, 0.1) is 5.82 Å². The normalized spacial score (nSPS) is 11.0. The first kappa shape index (κ1) is 28.8. The Morgan fingerprint density at radius 1 is 0.907 bits per heavy atom. The molecule has 43 heavy (non-hydrogen) atoms. The maximum absolute atomic E-state index is 14.7. The lowest BCUT2D eigenvalue weighted by molar-refractivity contribution is 0.0948. The fourth-order valence-corrected chi connectivity index (χ4v) is 5.22. The number of rotatable bonds is 7. The van der Waals surface area contributed by atoms with Gasteiger partial charge in [-0.1, -0.05) is 12.1 Å². The van der Waals surface area contributed by atoms with Gasteiger partial charge in [0.1, 0.15) is 10.7 Å². The second kappa shape index (κ2) is 12.4. The molecule has 0 radical (unpaired) electrons. The van der Waals surface area contributed by atoms with Crippen LogP contribution >= 0.6 is 0 Å². The van der Waals surface area contributed by atoms with Crippen molar-refractivity contribution in [2.45, 2.75) is 16.3 Å². The van der Waals surface area contributed by atoms with Crippen molar-refractivity contribution in [3.8, 4) is 5.69 Å². The topological polar surface area (TPSA) is 167 Å². The van der Waals surface area contributed by atoms with Gasteiger partial charge in [0.05, 0.1) is 21.7 Å². The summed E-state index contributed by atoms with van der Waals surface area (Å²) in [7, 11) is -4.07. The molecule has 0 saturated carbocycles. The summed E-state index contributed by atoms with van der Waals surface area (Å²) in [6.07, 6.45) is 12.5. The molecular formula is C29H23FN8O4S. The van der Waals surface area contributed by atoms with Gasteiger partial charge >= 0.3 is 0 Å². The molecule has 6 rings (SSSR count). The van der Waals surface area contributed by atoms with Gasteiger partial charge in [0, 0.05) is 62.2 Å². The predicted octanol–water partition coefficient (Wildman–Crippen LogP) is 3.00. The summed E-state index contributed by atoms with van der Waals surface area (Å²) in [5.74, 6) is -1.16. The molecule has 0 saturated heterocycles. The number of amides is 2. The standard InChI is InChI=1S/C23H17FN6O3S.C6H6N2O/c24-20-12-18(30-10-1-8-28-30)4-7-21(20)34(32,33)19-5-2-16(3-6-19)13-26-22(31)17-14-27-23-25-9-11-29(23)15-17;7-6(9)5-2-1-3-8-4-5/h1-12,14-15H,13H2,(H,26,31);1-4H,(H2,7,9). The van der Waals surface area contributed by atoms with Gasteiger partial charge < -0.3 is 11.1 Å². The fraction of sp³-hybridized carbons (Fsp3) is 0.0345. The maximum atomic E-state index is 14.7. The van der Waals surface area contributed by atoms with Crippen molar-refractivity contribution in [2.24, 2.45) is 5.73 Å². The molecule has 0 aliphatic heterocycles. The van der Waals surface area contributed by atoms with Gasteiger partial charge in [-0.25, -0.2) is 27.5 Å². The Hall–Kier alpha value is -5.76. The van der Waals surface area contributed by atoms with Gasteiger partial charge in [-0.05, 0) is 48.0 Å². The molecule has 12 nitrogen and oxygen atoms in total. The Morgan fingerprint density at radius 2 is 1.72 bits per heavy atom. The quantitative estimate of drug-likeness (QED) is 0.283. The van der Waals surface area contributed by atoms with Crippen LogP contribution in [0.1, 0.15) is 26.3 Å². The number of aromatic nitrogens is 6. The number of hydrogen-bond donors (Lipinski definition) is 2. The van der Waals surface area contributed by atoms with E-state index in [-0.39, 0.29) is 17.3 Å². The molecule has 4 heterocycles. The van der Waals surface area contributed by atoms with Crippen molar-refractivity contribution in [3.63, 3.8) is 0 Å². The van der Waals surface area contributed by atoms with Crippen molar-refractivity contribution in [3.05, 3.63) is 133 Å². The van der Waals surface area contributed by atoms with Crippen LogP contribution in [0.2, 0.25) is 0 Å². The highest BCUT2D eigenvalue weighted by molar-refractivity contribution is 7.91. The molecule has 6 aromatic rings. The Morgan fingerprint density at radius 3 is 2.37 bits per heavy atom.